The summed E-state index contributed by atoms with van der Waals surface area (Å²) in [5.41, 5.74) is 0.668. The van der Waals surface area contributed by atoms with Crippen molar-refractivity contribution in [2.75, 3.05) is 19.6 Å². The molecule has 2 aromatic rings. The van der Waals surface area contributed by atoms with Crippen LogP contribution in [0.5, 0.6) is 5.75 Å². The van der Waals surface area contributed by atoms with Crippen LogP contribution in [0.25, 0.3) is 0 Å². The Balaban J connectivity index is 1.50. The minimum absolute atomic E-state index is 0.122. The number of aryl methyl sites for hydroxylation is 2. The van der Waals surface area contributed by atoms with Gasteiger partial charge in [0.05, 0.1) is 17.8 Å². The van der Waals surface area contributed by atoms with Crippen molar-refractivity contribution in [3.63, 3.8) is 0 Å². The Labute approximate surface area is 151 Å². The van der Waals surface area contributed by atoms with Crippen LogP contribution in [0, 0.1) is 13.8 Å². The van der Waals surface area contributed by atoms with Crippen LogP contribution in [-0.4, -0.2) is 46.9 Å². The van der Waals surface area contributed by atoms with Gasteiger partial charge in [-0.1, -0.05) is 12.1 Å². The van der Waals surface area contributed by atoms with Gasteiger partial charge >= 0.3 is 0 Å². The highest BCUT2D eigenvalue weighted by atomic mass is 16.5. The topological polar surface area (TPSA) is 84.7 Å². The average molecular weight is 355 g/mol. The molecule has 3 heterocycles. The lowest BCUT2D eigenvalue weighted by atomic mass is 9.90. The van der Waals surface area contributed by atoms with Crippen LogP contribution in [0.3, 0.4) is 0 Å². The Kier molecular flexibility index (Phi) is 3.94. The Bertz CT molecular complexity index is 865. The van der Waals surface area contributed by atoms with Crippen molar-refractivity contribution in [1.82, 2.24) is 15.2 Å². The van der Waals surface area contributed by atoms with Crippen LogP contribution in [0.4, 0.5) is 0 Å². The maximum atomic E-state index is 12.7. The van der Waals surface area contributed by atoms with E-state index in [0.717, 1.165) is 0 Å². The van der Waals surface area contributed by atoms with E-state index in [-0.39, 0.29) is 11.8 Å². The van der Waals surface area contributed by atoms with Gasteiger partial charge in [-0.25, -0.2) is 4.98 Å². The average Bonchev–Trinajstić information content (AvgIpc) is 2.91. The van der Waals surface area contributed by atoms with Crippen LogP contribution in [0.15, 0.2) is 28.7 Å². The second-order valence-corrected chi connectivity index (χ2v) is 6.90. The third-order valence-electron chi connectivity index (χ3n) is 5.09. The first-order valence-electron chi connectivity index (χ1n) is 8.77. The number of aromatic nitrogens is 1. The molecular weight excluding hydrogens is 334 g/mol. The summed E-state index contributed by atoms with van der Waals surface area (Å²) in [5, 5.41) is 2.95. The van der Waals surface area contributed by atoms with Crippen LogP contribution in [-0.2, 0) is 0 Å². The molecule has 2 aliphatic heterocycles. The predicted molar refractivity (Wildman–Crippen MR) is 93.2 cm³/mol. The minimum Gasteiger partial charge on any atom is -0.484 e. The third kappa shape index (κ3) is 2.83. The van der Waals surface area contributed by atoms with E-state index in [2.05, 4.69) is 10.3 Å². The molecule has 0 aliphatic carbocycles. The number of ether oxygens (including phenoxy) is 1. The second-order valence-electron chi connectivity index (χ2n) is 6.90. The van der Waals surface area contributed by atoms with Gasteiger partial charge in [-0.05, 0) is 19.1 Å². The number of piperidine rings is 1. The number of rotatable bonds is 1. The molecule has 1 spiro atoms. The zero-order valence-electron chi connectivity index (χ0n) is 14.9. The second kappa shape index (κ2) is 6.16. The molecule has 0 bridgehead atoms. The van der Waals surface area contributed by atoms with Crippen LogP contribution >= 0.6 is 0 Å². The van der Waals surface area contributed by atoms with E-state index < -0.39 is 5.60 Å². The summed E-state index contributed by atoms with van der Waals surface area (Å²) >= 11 is 0. The highest BCUT2D eigenvalue weighted by Crippen LogP contribution is 2.33. The molecule has 7 heteroatoms. The van der Waals surface area contributed by atoms with Crippen LogP contribution < -0.4 is 10.1 Å². The van der Waals surface area contributed by atoms with Crippen molar-refractivity contribution in [3.05, 3.63) is 47.2 Å². The van der Waals surface area contributed by atoms with Gasteiger partial charge in [0.2, 0.25) is 5.76 Å². The Morgan fingerprint density at radius 3 is 2.65 bits per heavy atom. The fourth-order valence-electron chi connectivity index (χ4n) is 3.62. The molecule has 1 fully saturated rings. The summed E-state index contributed by atoms with van der Waals surface area (Å²) in [6, 6.07) is 7.26. The van der Waals surface area contributed by atoms with E-state index in [4.69, 9.17) is 9.15 Å². The maximum Gasteiger partial charge on any atom is 0.291 e. The number of hydrogen-bond acceptors (Lipinski definition) is 5. The van der Waals surface area contributed by atoms with Gasteiger partial charge in [0, 0.05) is 32.9 Å². The highest BCUT2D eigenvalue weighted by Gasteiger charge is 2.41. The fraction of sp³-hybridized carbons (Fsp3) is 0.421. The SMILES string of the molecule is Cc1nc(C)c(C(=O)N2CCC3(CC2)CNC(=O)c2ccccc2O3)o1. The summed E-state index contributed by atoms with van der Waals surface area (Å²) in [5.74, 6) is 1.13. The molecule has 26 heavy (non-hydrogen) atoms. The number of nitrogens with zero attached hydrogens (tertiary/aromatic N) is 2. The first-order valence-corrected chi connectivity index (χ1v) is 8.77. The first kappa shape index (κ1) is 16.6. The normalized spacial score (nSPS) is 18.7. The molecule has 0 saturated carbocycles. The van der Waals surface area contributed by atoms with Gasteiger partial charge in [-0.3, -0.25) is 9.59 Å². The van der Waals surface area contributed by atoms with Crippen molar-refractivity contribution >= 4 is 11.8 Å². The van der Waals surface area contributed by atoms with E-state index in [9.17, 15) is 9.59 Å². The number of carbonyl (C=O) groups excluding carboxylic acids is 2. The zero-order valence-corrected chi connectivity index (χ0v) is 14.9. The monoisotopic (exact) mass is 355 g/mol. The molecule has 2 aliphatic rings. The zero-order chi connectivity index (χ0) is 18.3. The summed E-state index contributed by atoms with van der Waals surface area (Å²) in [7, 11) is 0. The van der Waals surface area contributed by atoms with Gasteiger partial charge < -0.3 is 19.4 Å². The van der Waals surface area contributed by atoms with E-state index in [1.807, 2.05) is 18.2 Å². The number of carbonyl (C=O) groups is 2. The first-order chi connectivity index (χ1) is 12.5. The minimum atomic E-state index is -0.495. The molecule has 1 N–H and O–H groups in total. The molecule has 4 rings (SSSR count). The van der Waals surface area contributed by atoms with Crippen molar-refractivity contribution in [2.45, 2.75) is 32.3 Å². The lowest BCUT2D eigenvalue weighted by molar-refractivity contribution is 0.00664. The fourth-order valence-corrected chi connectivity index (χ4v) is 3.62. The predicted octanol–water partition coefficient (Wildman–Crippen LogP) is 2.09. The Morgan fingerprint density at radius 1 is 1.23 bits per heavy atom. The largest absolute Gasteiger partial charge is 0.484 e. The van der Waals surface area contributed by atoms with Crippen LogP contribution in [0.1, 0.15) is 45.3 Å². The number of para-hydroxylation sites is 1. The number of benzene rings is 1. The summed E-state index contributed by atoms with van der Waals surface area (Å²) in [6.07, 6.45) is 1.28. The third-order valence-corrected chi connectivity index (χ3v) is 5.09. The van der Waals surface area contributed by atoms with Gasteiger partial charge in [0.1, 0.15) is 11.4 Å². The summed E-state index contributed by atoms with van der Waals surface area (Å²) in [4.78, 5) is 30.9. The summed E-state index contributed by atoms with van der Waals surface area (Å²) < 4.78 is 11.7. The Morgan fingerprint density at radius 2 is 1.96 bits per heavy atom. The number of oxazole rings is 1. The van der Waals surface area contributed by atoms with Crippen LogP contribution in [0.2, 0.25) is 0 Å². The van der Waals surface area contributed by atoms with E-state index in [1.54, 1.807) is 24.8 Å². The lowest BCUT2D eigenvalue weighted by Crippen LogP contribution is -2.54. The molecule has 1 aromatic heterocycles. The molecule has 2 amide bonds. The number of hydrogen-bond donors (Lipinski definition) is 1. The maximum absolute atomic E-state index is 12.7. The number of likely N-dealkylation sites (tertiary alicyclic amines) is 1. The van der Waals surface area contributed by atoms with Gasteiger partial charge in [-0.2, -0.15) is 0 Å². The standard InChI is InChI=1S/C19H21N3O4/c1-12-16(25-13(2)21-12)18(24)22-9-7-19(8-10-22)11-20-17(23)14-5-3-4-6-15(14)26-19/h3-6H,7-11H2,1-2H3,(H,20,23). The van der Waals surface area contributed by atoms with Crippen molar-refractivity contribution in [2.24, 2.45) is 0 Å². The molecule has 0 unspecified atom stereocenters. The molecule has 7 nitrogen and oxygen atoms in total. The Hall–Kier alpha value is -2.83. The van der Waals surface area contributed by atoms with E-state index in [1.165, 1.54) is 0 Å². The smallest absolute Gasteiger partial charge is 0.291 e. The number of fused-ring (bicyclic) bond motifs is 1. The highest BCUT2D eigenvalue weighted by molar-refractivity contribution is 5.97. The van der Waals surface area contributed by atoms with Crippen molar-refractivity contribution in [3.8, 4) is 5.75 Å². The molecule has 0 radical (unpaired) electrons. The quantitative estimate of drug-likeness (QED) is 0.847. The number of nitrogens with one attached hydrogen (secondary N) is 1. The van der Waals surface area contributed by atoms with Crippen molar-refractivity contribution < 1.29 is 18.7 Å². The lowest BCUT2D eigenvalue weighted by Gasteiger charge is -2.40. The molecular formula is C19H21N3O4. The van der Waals surface area contributed by atoms with E-state index in [0.29, 0.717) is 61.1 Å². The molecule has 0 atom stereocenters. The number of amides is 2. The molecule has 136 valence electrons. The van der Waals surface area contributed by atoms with Gasteiger partial charge in [0.15, 0.2) is 5.89 Å². The van der Waals surface area contributed by atoms with Gasteiger partial charge in [-0.15, -0.1) is 0 Å². The van der Waals surface area contributed by atoms with Gasteiger partial charge in [0.25, 0.3) is 11.8 Å². The molecule has 1 saturated heterocycles. The van der Waals surface area contributed by atoms with E-state index >= 15 is 0 Å². The summed E-state index contributed by atoms with van der Waals surface area (Å²) in [6.45, 7) is 5.01. The van der Waals surface area contributed by atoms with Crippen molar-refractivity contribution in [1.29, 1.82) is 0 Å². The molecule has 1 aromatic carbocycles.